The Morgan fingerprint density at radius 2 is 2.00 bits per heavy atom. The standard InChI is InChI=1S/C13H13BrN2O/c1-2-10-12(14)13(17)16-11(15-10)8-9-6-4-3-5-7-9/h3-7H,2,8H2,1H3,(H,15,16,17). The molecule has 1 aromatic heterocycles. The molecule has 1 aromatic carbocycles. The maximum absolute atomic E-state index is 11.7. The van der Waals surface area contributed by atoms with E-state index in [2.05, 4.69) is 25.9 Å². The molecule has 0 aliphatic heterocycles. The summed E-state index contributed by atoms with van der Waals surface area (Å²) in [4.78, 5) is 18.9. The van der Waals surface area contributed by atoms with Crippen molar-refractivity contribution in [3.63, 3.8) is 0 Å². The van der Waals surface area contributed by atoms with Gasteiger partial charge in [-0.3, -0.25) is 4.79 Å². The molecule has 17 heavy (non-hydrogen) atoms. The van der Waals surface area contributed by atoms with Crippen LogP contribution in [0.5, 0.6) is 0 Å². The predicted octanol–water partition coefficient (Wildman–Crippen LogP) is 2.69. The van der Waals surface area contributed by atoms with Gasteiger partial charge in [0.05, 0.1) is 5.69 Å². The molecule has 0 unspecified atom stereocenters. The maximum atomic E-state index is 11.7. The van der Waals surface area contributed by atoms with E-state index in [1.165, 1.54) is 0 Å². The number of halogens is 1. The first-order valence-electron chi connectivity index (χ1n) is 5.52. The number of hydrogen-bond donors (Lipinski definition) is 1. The zero-order valence-electron chi connectivity index (χ0n) is 9.53. The third kappa shape index (κ3) is 2.82. The maximum Gasteiger partial charge on any atom is 0.265 e. The Morgan fingerprint density at radius 3 is 2.65 bits per heavy atom. The van der Waals surface area contributed by atoms with Crippen molar-refractivity contribution in [2.45, 2.75) is 19.8 Å². The van der Waals surface area contributed by atoms with Crippen molar-refractivity contribution in [2.24, 2.45) is 0 Å². The Balaban J connectivity index is 2.34. The summed E-state index contributed by atoms with van der Waals surface area (Å²) in [7, 11) is 0. The second-order valence-electron chi connectivity index (χ2n) is 3.79. The van der Waals surface area contributed by atoms with Gasteiger partial charge in [-0.2, -0.15) is 0 Å². The minimum atomic E-state index is -0.109. The molecule has 0 fully saturated rings. The molecule has 2 rings (SSSR count). The Morgan fingerprint density at radius 1 is 1.29 bits per heavy atom. The summed E-state index contributed by atoms with van der Waals surface area (Å²) < 4.78 is 0.539. The predicted molar refractivity (Wildman–Crippen MR) is 71.2 cm³/mol. The van der Waals surface area contributed by atoms with E-state index in [0.717, 1.165) is 17.7 Å². The average molecular weight is 293 g/mol. The first kappa shape index (κ1) is 12.0. The lowest BCUT2D eigenvalue weighted by molar-refractivity contribution is 0.877. The molecule has 0 saturated heterocycles. The fourth-order valence-electron chi connectivity index (χ4n) is 1.66. The second kappa shape index (κ2) is 5.27. The van der Waals surface area contributed by atoms with Crippen LogP contribution in [0.4, 0.5) is 0 Å². The quantitative estimate of drug-likeness (QED) is 0.945. The fraction of sp³-hybridized carbons (Fsp3) is 0.231. The molecule has 1 N–H and O–H groups in total. The van der Waals surface area contributed by atoms with Crippen molar-refractivity contribution in [3.05, 3.63) is 62.2 Å². The normalized spacial score (nSPS) is 10.5. The lowest BCUT2D eigenvalue weighted by atomic mass is 10.1. The van der Waals surface area contributed by atoms with Crippen LogP contribution in [-0.4, -0.2) is 9.97 Å². The number of aryl methyl sites for hydroxylation is 1. The van der Waals surface area contributed by atoms with Crippen molar-refractivity contribution in [3.8, 4) is 0 Å². The molecule has 0 aliphatic rings. The summed E-state index contributed by atoms with van der Waals surface area (Å²) in [6.45, 7) is 1.98. The minimum absolute atomic E-state index is 0.109. The monoisotopic (exact) mass is 292 g/mol. The molecular weight excluding hydrogens is 280 g/mol. The van der Waals surface area contributed by atoms with E-state index in [1.54, 1.807) is 0 Å². The summed E-state index contributed by atoms with van der Waals surface area (Å²) in [6.07, 6.45) is 1.39. The van der Waals surface area contributed by atoms with E-state index in [9.17, 15) is 4.79 Å². The van der Waals surface area contributed by atoms with Gasteiger partial charge in [-0.25, -0.2) is 4.98 Å². The number of benzene rings is 1. The van der Waals surface area contributed by atoms with Crippen LogP contribution < -0.4 is 5.56 Å². The van der Waals surface area contributed by atoms with Gasteiger partial charge in [-0.15, -0.1) is 0 Å². The molecule has 0 spiro atoms. The zero-order valence-corrected chi connectivity index (χ0v) is 11.1. The molecule has 3 nitrogen and oxygen atoms in total. The number of aromatic amines is 1. The number of H-pyrrole nitrogens is 1. The van der Waals surface area contributed by atoms with Crippen LogP contribution in [0.15, 0.2) is 39.6 Å². The summed E-state index contributed by atoms with van der Waals surface area (Å²) >= 11 is 3.25. The minimum Gasteiger partial charge on any atom is -0.309 e. The number of nitrogens with zero attached hydrogens (tertiary/aromatic N) is 1. The van der Waals surface area contributed by atoms with E-state index in [0.29, 0.717) is 16.7 Å². The number of nitrogens with one attached hydrogen (secondary N) is 1. The molecule has 0 amide bonds. The highest BCUT2D eigenvalue weighted by atomic mass is 79.9. The number of rotatable bonds is 3. The molecule has 0 saturated carbocycles. The van der Waals surface area contributed by atoms with E-state index in [1.807, 2.05) is 37.3 Å². The molecule has 88 valence electrons. The van der Waals surface area contributed by atoms with Gasteiger partial charge >= 0.3 is 0 Å². The highest BCUT2D eigenvalue weighted by Crippen LogP contribution is 2.11. The van der Waals surface area contributed by atoms with Gasteiger partial charge in [0.2, 0.25) is 0 Å². The van der Waals surface area contributed by atoms with Gasteiger partial charge in [0.15, 0.2) is 0 Å². The highest BCUT2D eigenvalue weighted by molar-refractivity contribution is 9.10. The molecular formula is C13H13BrN2O. The number of hydrogen-bond acceptors (Lipinski definition) is 2. The average Bonchev–Trinajstić information content (AvgIpc) is 2.35. The van der Waals surface area contributed by atoms with Crippen LogP contribution >= 0.6 is 15.9 Å². The summed E-state index contributed by atoms with van der Waals surface area (Å²) in [5, 5.41) is 0. The van der Waals surface area contributed by atoms with Gasteiger partial charge in [-0.05, 0) is 27.9 Å². The fourth-order valence-corrected chi connectivity index (χ4v) is 2.13. The molecule has 4 heteroatoms. The first-order chi connectivity index (χ1) is 8.20. The highest BCUT2D eigenvalue weighted by Gasteiger charge is 2.07. The lowest BCUT2D eigenvalue weighted by Gasteiger charge is -2.05. The topological polar surface area (TPSA) is 45.8 Å². The van der Waals surface area contributed by atoms with Crippen molar-refractivity contribution in [1.82, 2.24) is 9.97 Å². The number of aromatic nitrogens is 2. The first-order valence-corrected chi connectivity index (χ1v) is 6.31. The van der Waals surface area contributed by atoms with Crippen molar-refractivity contribution >= 4 is 15.9 Å². The van der Waals surface area contributed by atoms with E-state index in [-0.39, 0.29) is 5.56 Å². The van der Waals surface area contributed by atoms with E-state index in [4.69, 9.17) is 0 Å². The van der Waals surface area contributed by atoms with E-state index >= 15 is 0 Å². The van der Waals surface area contributed by atoms with Gasteiger partial charge in [0, 0.05) is 6.42 Å². The SMILES string of the molecule is CCc1nc(Cc2ccccc2)[nH]c(=O)c1Br. The summed E-state index contributed by atoms with van der Waals surface area (Å²) in [5.74, 6) is 0.709. The van der Waals surface area contributed by atoms with Gasteiger partial charge in [-0.1, -0.05) is 37.3 Å². The van der Waals surface area contributed by atoms with Crippen LogP contribution in [0.3, 0.4) is 0 Å². The van der Waals surface area contributed by atoms with Crippen molar-refractivity contribution in [2.75, 3.05) is 0 Å². The summed E-state index contributed by atoms with van der Waals surface area (Å²) in [5.41, 5.74) is 1.84. The van der Waals surface area contributed by atoms with Crippen LogP contribution in [-0.2, 0) is 12.8 Å². The Hall–Kier alpha value is -1.42. The van der Waals surface area contributed by atoms with Crippen LogP contribution in [0.2, 0.25) is 0 Å². The summed E-state index contributed by atoms with van der Waals surface area (Å²) in [6, 6.07) is 9.97. The van der Waals surface area contributed by atoms with Gasteiger partial charge in [0.1, 0.15) is 10.3 Å². The zero-order chi connectivity index (χ0) is 12.3. The largest absolute Gasteiger partial charge is 0.309 e. The third-order valence-electron chi connectivity index (χ3n) is 2.53. The Kier molecular flexibility index (Phi) is 3.74. The van der Waals surface area contributed by atoms with Crippen LogP contribution in [0.1, 0.15) is 24.0 Å². The van der Waals surface area contributed by atoms with Gasteiger partial charge < -0.3 is 4.98 Å². The molecule has 0 bridgehead atoms. The molecule has 0 radical (unpaired) electrons. The van der Waals surface area contributed by atoms with Crippen LogP contribution in [0.25, 0.3) is 0 Å². The second-order valence-corrected chi connectivity index (χ2v) is 4.58. The Labute approximate surface area is 108 Å². The van der Waals surface area contributed by atoms with Gasteiger partial charge in [0.25, 0.3) is 5.56 Å². The lowest BCUT2D eigenvalue weighted by Crippen LogP contribution is -2.15. The molecule has 2 aromatic rings. The smallest absolute Gasteiger partial charge is 0.265 e. The van der Waals surface area contributed by atoms with E-state index < -0.39 is 0 Å². The molecule has 1 heterocycles. The molecule has 0 atom stereocenters. The third-order valence-corrected chi connectivity index (χ3v) is 3.35. The Bertz CT molecular complexity index is 563. The van der Waals surface area contributed by atoms with Crippen molar-refractivity contribution < 1.29 is 0 Å². The van der Waals surface area contributed by atoms with Crippen LogP contribution in [0, 0.1) is 0 Å². The molecule has 0 aliphatic carbocycles. The van der Waals surface area contributed by atoms with Crippen molar-refractivity contribution in [1.29, 1.82) is 0 Å².